The Balaban J connectivity index is 1.22. The number of rotatable bonds is 8. The number of benzene rings is 3. The minimum absolute atomic E-state index is 0.0216. The zero-order chi connectivity index (χ0) is 24.0. The first-order valence-electron chi connectivity index (χ1n) is 12.6. The third kappa shape index (κ3) is 5.28. The molecule has 0 amide bonds. The van der Waals surface area contributed by atoms with Crippen LogP contribution in [0.5, 0.6) is 0 Å². The first-order valence-corrected chi connectivity index (χ1v) is 12.6. The Morgan fingerprint density at radius 3 is 1.91 bits per heavy atom. The molecular weight excluding hydrogens is 432 g/mol. The van der Waals surface area contributed by atoms with Crippen molar-refractivity contribution >= 4 is 5.69 Å². The van der Waals surface area contributed by atoms with Gasteiger partial charge in [-0.15, -0.1) is 5.10 Å². The highest BCUT2D eigenvalue weighted by Crippen LogP contribution is 2.30. The fraction of sp³-hybridized carbons (Fsp3) is 0.345. The maximum absolute atomic E-state index is 4.48. The van der Waals surface area contributed by atoms with Crippen LogP contribution in [-0.2, 0) is 6.54 Å². The summed E-state index contributed by atoms with van der Waals surface area (Å²) in [6, 6.07) is 27.6. The van der Waals surface area contributed by atoms with Gasteiger partial charge in [0.1, 0.15) is 0 Å². The van der Waals surface area contributed by atoms with E-state index < -0.39 is 0 Å². The van der Waals surface area contributed by atoms with Gasteiger partial charge in [0.05, 0.1) is 5.92 Å². The Morgan fingerprint density at radius 1 is 0.714 bits per heavy atom. The molecule has 6 heteroatoms. The number of hydrogen-bond acceptors (Lipinski definition) is 5. The molecule has 1 aromatic heterocycles. The van der Waals surface area contributed by atoms with E-state index in [0.29, 0.717) is 0 Å². The van der Waals surface area contributed by atoms with Crippen molar-refractivity contribution in [2.45, 2.75) is 32.7 Å². The van der Waals surface area contributed by atoms with E-state index in [1.54, 1.807) is 0 Å². The van der Waals surface area contributed by atoms with Gasteiger partial charge in [-0.05, 0) is 52.9 Å². The van der Waals surface area contributed by atoms with Gasteiger partial charge < -0.3 is 4.90 Å². The summed E-state index contributed by atoms with van der Waals surface area (Å²) in [7, 11) is 0. The predicted octanol–water partition coefficient (Wildman–Crippen LogP) is 4.68. The molecule has 0 atom stereocenters. The maximum Gasteiger partial charge on any atom is 0.163 e. The maximum atomic E-state index is 4.48. The van der Waals surface area contributed by atoms with Crippen LogP contribution in [0.1, 0.15) is 40.4 Å². The van der Waals surface area contributed by atoms with Crippen LogP contribution in [0.3, 0.4) is 0 Å². The van der Waals surface area contributed by atoms with Crippen LogP contribution in [0.15, 0.2) is 78.9 Å². The van der Waals surface area contributed by atoms with Gasteiger partial charge in [0.25, 0.3) is 0 Å². The lowest BCUT2D eigenvalue weighted by Gasteiger charge is -2.37. The summed E-state index contributed by atoms with van der Waals surface area (Å²) in [6.07, 6.45) is 1.03. The van der Waals surface area contributed by atoms with Crippen molar-refractivity contribution in [1.29, 1.82) is 0 Å². The van der Waals surface area contributed by atoms with Crippen molar-refractivity contribution in [1.82, 2.24) is 25.1 Å². The van der Waals surface area contributed by atoms with Crippen LogP contribution in [0.25, 0.3) is 0 Å². The van der Waals surface area contributed by atoms with Gasteiger partial charge in [-0.1, -0.05) is 78.9 Å². The van der Waals surface area contributed by atoms with Crippen molar-refractivity contribution in [3.8, 4) is 0 Å². The molecule has 0 unspecified atom stereocenters. The van der Waals surface area contributed by atoms with E-state index in [1.165, 1.54) is 27.9 Å². The second-order valence-electron chi connectivity index (χ2n) is 9.44. The average molecular weight is 467 g/mol. The second kappa shape index (κ2) is 10.8. The number of piperazine rings is 1. The quantitative estimate of drug-likeness (QED) is 0.377. The molecule has 1 fully saturated rings. The summed E-state index contributed by atoms with van der Waals surface area (Å²) >= 11 is 0. The predicted molar refractivity (Wildman–Crippen MR) is 141 cm³/mol. The van der Waals surface area contributed by atoms with E-state index in [-0.39, 0.29) is 5.92 Å². The van der Waals surface area contributed by atoms with Gasteiger partial charge in [0.15, 0.2) is 5.82 Å². The smallest absolute Gasteiger partial charge is 0.163 e. The molecule has 0 saturated carbocycles. The van der Waals surface area contributed by atoms with Crippen LogP contribution in [0.2, 0.25) is 0 Å². The van der Waals surface area contributed by atoms with E-state index >= 15 is 0 Å². The second-order valence-corrected chi connectivity index (χ2v) is 9.44. The number of aryl methyl sites for hydroxylation is 3. The van der Waals surface area contributed by atoms with E-state index in [2.05, 4.69) is 118 Å². The van der Waals surface area contributed by atoms with E-state index in [9.17, 15) is 0 Å². The van der Waals surface area contributed by atoms with Gasteiger partial charge in [-0.3, -0.25) is 4.90 Å². The highest BCUT2D eigenvalue weighted by atomic mass is 15.5. The number of anilines is 1. The molecule has 0 spiro atoms. The minimum atomic E-state index is 0.0216. The molecule has 4 aromatic rings. The normalized spacial score (nSPS) is 14.5. The van der Waals surface area contributed by atoms with Crippen LogP contribution in [0.4, 0.5) is 5.69 Å². The molecule has 6 nitrogen and oxygen atoms in total. The largest absolute Gasteiger partial charge is 0.369 e. The summed E-state index contributed by atoms with van der Waals surface area (Å²) in [6.45, 7) is 10.6. The molecule has 180 valence electrons. The van der Waals surface area contributed by atoms with Crippen LogP contribution in [-0.4, -0.2) is 57.8 Å². The highest BCUT2D eigenvalue weighted by Gasteiger charge is 2.24. The Morgan fingerprint density at radius 2 is 1.31 bits per heavy atom. The summed E-state index contributed by atoms with van der Waals surface area (Å²) in [4.78, 5) is 5.12. The molecule has 0 bridgehead atoms. The lowest BCUT2D eigenvalue weighted by Crippen LogP contribution is -2.47. The summed E-state index contributed by atoms with van der Waals surface area (Å²) in [5.74, 6) is 0.926. The molecule has 35 heavy (non-hydrogen) atoms. The Labute approximate surface area is 208 Å². The zero-order valence-corrected chi connectivity index (χ0v) is 20.7. The molecule has 1 saturated heterocycles. The highest BCUT2D eigenvalue weighted by molar-refractivity contribution is 5.59. The first kappa shape index (κ1) is 23.2. The Kier molecular flexibility index (Phi) is 7.19. The fourth-order valence-corrected chi connectivity index (χ4v) is 5.30. The summed E-state index contributed by atoms with van der Waals surface area (Å²) in [5, 5.41) is 12.9. The molecule has 1 aliphatic heterocycles. The topological polar surface area (TPSA) is 50.1 Å². The number of tetrazole rings is 1. The van der Waals surface area contributed by atoms with Crippen molar-refractivity contribution in [2.24, 2.45) is 0 Å². The lowest BCUT2D eigenvalue weighted by atomic mass is 9.90. The van der Waals surface area contributed by atoms with Crippen molar-refractivity contribution in [3.63, 3.8) is 0 Å². The van der Waals surface area contributed by atoms with Gasteiger partial charge >= 0.3 is 0 Å². The monoisotopic (exact) mass is 466 g/mol. The van der Waals surface area contributed by atoms with Crippen molar-refractivity contribution in [2.75, 3.05) is 37.6 Å². The zero-order valence-electron chi connectivity index (χ0n) is 20.7. The van der Waals surface area contributed by atoms with Crippen LogP contribution < -0.4 is 4.90 Å². The van der Waals surface area contributed by atoms with Crippen LogP contribution in [0, 0.1) is 13.8 Å². The van der Waals surface area contributed by atoms with Gasteiger partial charge in [0, 0.05) is 45.0 Å². The van der Waals surface area contributed by atoms with Gasteiger partial charge in [-0.2, -0.15) is 0 Å². The Bertz CT molecular complexity index is 1150. The average Bonchev–Trinajstić information content (AvgIpc) is 3.34. The third-order valence-electron chi connectivity index (χ3n) is 7.06. The van der Waals surface area contributed by atoms with Crippen molar-refractivity contribution < 1.29 is 0 Å². The molecule has 3 aromatic carbocycles. The SMILES string of the molecule is Cc1cccc(C)c1N1CCN(CCCn2nnnc2C(c2ccccc2)c2ccccc2)CC1. The number of para-hydroxylation sites is 1. The minimum Gasteiger partial charge on any atom is -0.369 e. The van der Waals surface area contributed by atoms with E-state index in [4.69, 9.17) is 0 Å². The molecule has 2 heterocycles. The third-order valence-corrected chi connectivity index (χ3v) is 7.06. The summed E-state index contributed by atoms with van der Waals surface area (Å²) < 4.78 is 2.00. The van der Waals surface area contributed by atoms with Gasteiger partial charge in [0.2, 0.25) is 0 Å². The number of nitrogens with zero attached hydrogens (tertiary/aromatic N) is 6. The number of aromatic nitrogens is 4. The van der Waals surface area contributed by atoms with Gasteiger partial charge in [-0.25, -0.2) is 4.68 Å². The summed E-state index contributed by atoms with van der Waals surface area (Å²) in [5.41, 5.74) is 6.57. The fourth-order valence-electron chi connectivity index (χ4n) is 5.30. The lowest BCUT2D eigenvalue weighted by molar-refractivity contribution is 0.248. The van der Waals surface area contributed by atoms with Crippen molar-refractivity contribution in [3.05, 3.63) is 107 Å². The van der Waals surface area contributed by atoms with E-state index in [1.807, 2.05) is 4.68 Å². The number of hydrogen-bond donors (Lipinski definition) is 0. The molecule has 1 aliphatic rings. The van der Waals surface area contributed by atoms with E-state index in [0.717, 1.165) is 51.5 Å². The molecular formula is C29H34N6. The molecule has 0 radical (unpaired) electrons. The van der Waals surface area contributed by atoms with Crippen LogP contribution >= 0.6 is 0 Å². The Hall–Kier alpha value is -3.51. The standard InChI is InChI=1S/C29H34N6/c1-23-11-9-12-24(2)28(23)34-21-19-33(20-22-34)17-10-18-35-29(30-31-32-35)27(25-13-5-3-6-14-25)26-15-7-4-8-16-26/h3-9,11-16,27H,10,17-22H2,1-2H3. The first-order chi connectivity index (χ1) is 17.2. The molecule has 0 N–H and O–H groups in total. The molecule has 0 aliphatic carbocycles. The molecule has 5 rings (SSSR count).